The molecule has 0 bridgehead atoms. The summed E-state index contributed by atoms with van der Waals surface area (Å²) in [5, 5.41) is 0.176. The molecule has 0 aromatic rings. The Kier molecular flexibility index (Phi) is 1.63. The molecule has 44 valence electrons. The van der Waals surface area contributed by atoms with Crippen molar-refractivity contribution >= 4 is 10.8 Å². The molecule has 0 radical (unpaired) electrons. The van der Waals surface area contributed by atoms with Crippen LogP contribution in [0.25, 0.3) is 0 Å². The topological polar surface area (TPSA) is 17.1 Å². The fourth-order valence-corrected chi connectivity index (χ4v) is 1.26. The van der Waals surface area contributed by atoms with Crippen molar-refractivity contribution in [1.29, 1.82) is 0 Å². The zero-order valence-electron chi connectivity index (χ0n) is 4.70. The standard InChI is InChI=1S/C6H8OS/c1-8(7)6-4-2-3-5-6/h2-6H,1H3. The monoisotopic (exact) mass is 128 g/mol. The molecule has 1 aliphatic carbocycles. The maximum atomic E-state index is 10.7. The number of hydrogen-bond acceptors (Lipinski definition) is 1. The third-order valence-corrected chi connectivity index (χ3v) is 2.18. The summed E-state index contributed by atoms with van der Waals surface area (Å²) in [5.41, 5.74) is 0. The summed E-state index contributed by atoms with van der Waals surface area (Å²) in [7, 11) is -0.715. The molecule has 0 aliphatic heterocycles. The lowest BCUT2D eigenvalue weighted by atomic mass is 10.5. The summed E-state index contributed by atoms with van der Waals surface area (Å²) >= 11 is 0. The van der Waals surface area contributed by atoms with Gasteiger partial charge in [0.2, 0.25) is 0 Å². The van der Waals surface area contributed by atoms with Gasteiger partial charge in [-0.2, -0.15) is 0 Å². The molecule has 2 heteroatoms. The highest BCUT2D eigenvalue weighted by molar-refractivity contribution is 7.85. The largest absolute Gasteiger partial charge is 0.259 e. The highest BCUT2D eigenvalue weighted by atomic mass is 32.2. The lowest BCUT2D eigenvalue weighted by Gasteiger charge is -1.95. The molecule has 0 amide bonds. The first-order chi connectivity index (χ1) is 3.80. The zero-order chi connectivity index (χ0) is 5.98. The third kappa shape index (κ3) is 1.07. The SMILES string of the molecule is CS(=O)C1C=CC=C1. The van der Waals surface area contributed by atoms with E-state index < -0.39 is 10.8 Å². The maximum absolute atomic E-state index is 10.7. The second-order valence-electron chi connectivity index (χ2n) is 1.73. The predicted octanol–water partition coefficient (Wildman–Crippen LogP) is 0.860. The van der Waals surface area contributed by atoms with E-state index in [2.05, 4.69) is 0 Å². The van der Waals surface area contributed by atoms with E-state index in [4.69, 9.17) is 0 Å². The van der Waals surface area contributed by atoms with E-state index in [0.29, 0.717) is 0 Å². The average Bonchev–Trinajstić information content (AvgIpc) is 2.12. The Labute approximate surface area is 51.6 Å². The Balaban J connectivity index is 2.62. The minimum Gasteiger partial charge on any atom is -0.259 e. The molecule has 0 aromatic heterocycles. The molecule has 0 spiro atoms. The molecule has 8 heavy (non-hydrogen) atoms. The van der Waals surface area contributed by atoms with Crippen LogP contribution in [0.2, 0.25) is 0 Å². The van der Waals surface area contributed by atoms with Crippen LogP contribution in [0.5, 0.6) is 0 Å². The van der Waals surface area contributed by atoms with Gasteiger partial charge in [0, 0.05) is 17.1 Å². The second kappa shape index (κ2) is 2.27. The van der Waals surface area contributed by atoms with Crippen molar-refractivity contribution in [1.82, 2.24) is 0 Å². The number of allylic oxidation sites excluding steroid dienone is 2. The molecule has 1 nitrogen and oxygen atoms in total. The Morgan fingerprint density at radius 3 is 2.12 bits per heavy atom. The molecular formula is C6H8OS. The molecule has 1 aliphatic rings. The van der Waals surface area contributed by atoms with Gasteiger partial charge in [-0.1, -0.05) is 24.3 Å². The summed E-state index contributed by atoms with van der Waals surface area (Å²) < 4.78 is 10.7. The summed E-state index contributed by atoms with van der Waals surface area (Å²) in [4.78, 5) is 0. The Morgan fingerprint density at radius 1 is 1.38 bits per heavy atom. The van der Waals surface area contributed by atoms with Crippen molar-refractivity contribution in [3.05, 3.63) is 24.3 Å². The number of hydrogen-bond donors (Lipinski definition) is 0. The minimum atomic E-state index is -0.715. The summed E-state index contributed by atoms with van der Waals surface area (Å²) in [6, 6.07) is 0. The molecule has 1 unspecified atom stereocenters. The minimum absolute atomic E-state index is 0.176. The molecule has 0 fully saturated rings. The van der Waals surface area contributed by atoms with Crippen LogP contribution in [-0.2, 0) is 10.8 Å². The van der Waals surface area contributed by atoms with Crippen LogP contribution in [-0.4, -0.2) is 15.7 Å². The van der Waals surface area contributed by atoms with Gasteiger partial charge in [0.25, 0.3) is 0 Å². The van der Waals surface area contributed by atoms with Crippen LogP contribution in [0.3, 0.4) is 0 Å². The van der Waals surface area contributed by atoms with Crippen molar-refractivity contribution in [3.63, 3.8) is 0 Å². The van der Waals surface area contributed by atoms with Gasteiger partial charge in [-0.3, -0.25) is 4.21 Å². The van der Waals surface area contributed by atoms with Crippen molar-refractivity contribution in [2.24, 2.45) is 0 Å². The predicted molar refractivity (Wildman–Crippen MR) is 36.1 cm³/mol. The van der Waals surface area contributed by atoms with Crippen LogP contribution >= 0.6 is 0 Å². The van der Waals surface area contributed by atoms with E-state index in [1.165, 1.54) is 0 Å². The van der Waals surface area contributed by atoms with E-state index in [1.54, 1.807) is 6.26 Å². The van der Waals surface area contributed by atoms with Crippen molar-refractivity contribution in [2.75, 3.05) is 6.26 Å². The van der Waals surface area contributed by atoms with Crippen LogP contribution in [0.15, 0.2) is 24.3 Å². The van der Waals surface area contributed by atoms with E-state index in [1.807, 2.05) is 24.3 Å². The highest BCUT2D eigenvalue weighted by Gasteiger charge is 2.05. The molecule has 0 saturated heterocycles. The normalized spacial score (nSPS) is 22.1. The van der Waals surface area contributed by atoms with Gasteiger partial charge in [-0.15, -0.1) is 0 Å². The van der Waals surface area contributed by atoms with E-state index in [9.17, 15) is 4.21 Å². The van der Waals surface area contributed by atoms with E-state index in [0.717, 1.165) is 0 Å². The van der Waals surface area contributed by atoms with E-state index in [-0.39, 0.29) is 5.25 Å². The molecule has 0 N–H and O–H groups in total. The van der Waals surface area contributed by atoms with Gasteiger partial charge in [0.05, 0.1) is 5.25 Å². The van der Waals surface area contributed by atoms with Crippen LogP contribution in [0.1, 0.15) is 0 Å². The fourth-order valence-electron chi connectivity index (χ4n) is 0.633. The smallest absolute Gasteiger partial charge is 0.0711 e. The first kappa shape index (κ1) is 5.76. The van der Waals surface area contributed by atoms with E-state index >= 15 is 0 Å². The Morgan fingerprint density at radius 2 is 1.88 bits per heavy atom. The molecule has 0 aromatic carbocycles. The van der Waals surface area contributed by atoms with Gasteiger partial charge < -0.3 is 0 Å². The van der Waals surface area contributed by atoms with Crippen molar-refractivity contribution in [2.45, 2.75) is 5.25 Å². The molecule has 0 saturated carbocycles. The summed E-state index contributed by atoms with van der Waals surface area (Å²) in [6.45, 7) is 0. The van der Waals surface area contributed by atoms with Crippen molar-refractivity contribution < 1.29 is 4.21 Å². The first-order valence-electron chi connectivity index (χ1n) is 2.48. The molecular weight excluding hydrogens is 120 g/mol. The molecule has 0 heterocycles. The van der Waals surface area contributed by atoms with Gasteiger partial charge in [-0.05, 0) is 0 Å². The third-order valence-electron chi connectivity index (χ3n) is 1.10. The average molecular weight is 128 g/mol. The molecule has 1 rings (SSSR count). The summed E-state index contributed by atoms with van der Waals surface area (Å²) in [6.07, 6.45) is 9.44. The zero-order valence-corrected chi connectivity index (χ0v) is 5.52. The molecule has 1 atom stereocenters. The maximum Gasteiger partial charge on any atom is 0.0711 e. The van der Waals surface area contributed by atoms with Gasteiger partial charge in [-0.25, -0.2) is 0 Å². The van der Waals surface area contributed by atoms with Crippen molar-refractivity contribution in [3.8, 4) is 0 Å². The van der Waals surface area contributed by atoms with Crippen LogP contribution in [0.4, 0.5) is 0 Å². The quantitative estimate of drug-likeness (QED) is 0.512. The lowest BCUT2D eigenvalue weighted by molar-refractivity contribution is 0.686. The second-order valence-corrected chi connectivity index (χ2v) is 3.27. The Bertz CT molecular complexity index is 146. The summed E-state index contributed by atoms with van der Waals surface area (Å²) in [5.74, 6) is 0. The highest BCUT2D eigenvalue weighted by Crippen LogP contribution is 2.04. The Hall–Kier alpha value is -0.370. The fraction of sp³-hybridized carbons (Fsp3) is 0.333. The van der Waals surface area contributed by atoms with Gasteiger partial charge in [0.15, 0.2) is 0 Å². The van der Waals surface area contributed by atoms with Crippen LogP contribution < -0.4 is 0 Å². The van der Waals surface area contributed by atoms with Gasteiger partial charge in [0.1, 0.15) is 0 Å². The number of rotatable bonds is 1. The lowest BCUT2D eigenvalue weighted by Crippen LogP contribution is -2.03. The first-order valence-corrected chi connectivity index (χ1v) is 4.10. The van der Waals surface area contributed by atoms with Crippen LogP contribution in [0, 0.1) is 0 Å². The van der Waals surface area contributed by atoms with Gasteiger partial charge >= 0.3 is 0 Å².